The molecule has 0 atom stereocenters. The van der Waals surface area contributed by atoms with Crippen molar-refractivity contribution < 1.29 is 23.0 Å². The van der Waals surface area contributed by atoms with Crippen molar-refractivity contribution in [1.29, 1.82) is 0 Å². The van der Waals surface area contributed by atoms with Gasteiger partial charge in [-0.3, -0.25) is 0 Å². The summed E-state index contributed by atoms with van der Waals surface area (Å²) in [4.78, 5) is 11.2. The summed E-state index contributed by atoms with van der Waals surface area (Å²) in [5, 5.41) is 12.1. The highest BCUT2D eigenvalue weighted by Crippen LogP contribution is 2.40. The molecule has 0 spiro atoms. The molecule has 0 unspecified atom stereocenters. The van der Waals surface area contributed by atoms with Gasteiger partial charge in [-0.2, -0.15) is 4.98 Å². The van der Waals surface area contributed by atoms with Crippen molar-refractivity contribution in [3.05, 3.63) is 41.1 Å². The average Bonchev–Trinajstić information content (AvgIpc) is 3.50. The van der Waals surface area contributed by atoms with E-state index < -0.39 is 6.36 Å². The summed E-state index contributed by atoms with van der Waals surface area (Å²) in [6.45, 7) is 1.56. The van der Waals surface area contributed by atoms with Gasteiger partial charge in [0.2, 0.25) is 5.95 Å². The van der Waals surface area contributed by atoms with E-state index in [1.54, 1.807) is 6.07 Å². The maximum atomic E-state index is 12.4. The van der Waals surface area contributed by atoms with Crippen LogP contribution in [-0.2, 0) is 13.0 Å². The van der Waals surface area contributed by atoms with Crippen molar-refractivity contribution in [1.82, 2.24) is 9.97 Å². The van der Waals surface area contributed by atoms with E-state index >= 15 is 0 Å². The quantitative estimate of drug-likeness (QED) is 0.784. The molecule has 28 heavy (non-hydrogen) atoms. The molecular weight excluding hydrogens is 373 g/mol. The van der Waals surface area contributed by atoms with Gasteiger partial charge in [0.05, 0.1) is 12.3 Å². The van der Waals surface area contributed by atoms with Gasteiger partial charge in [-0.25, -0.2) is 4.98 Å². The predicted molar refractivity (Wildman–Crippen MR) is 97.5 cm³/mol. The van der Waals surface area contributed by atoms with E-state index in [1.165, 1.54) is 12.1 Å². The lowest BCUT2D eigenvalue weighted by atomic mass is 9.99. The summed E-state index contributed by atoms with van der Waals surface area (Å²) in [6, 6.07) is 6.48. The third-order valence-corrected chi connectivity index (χ3v) is 4.87. The molecule has 9 heteroatoms. The van der Waals surface area contributed by atoms with Crippen molar-refractivity contribution in [2.24, 2.45) is 0 Å². The number of aliphatic hydroxyl groups is 1. The maximum Gasteiger partial charge on any atom is 0.573 e. The lowest BCUT2D eigenvalue weighted by Crippen LogP contribution is -2.31. The van der Waals surface area contributed by atoms with Crippen molar-refractivity contribution in [2.75, 3.05) is 29.9 Å². The van der Waals surface area contributed by atoms with Gasteiger partial charge in [-0.1, -0.05) is 6.07 Å². The number of halogens is 3. The van der Waals surface area contributed by atoms with Gasteiger partial charge in [0.15, 0.2) is 0 Å². The summed E-state index contributed by atoms with van der Waals surface area (Å²) in [5.41, 5.74) is 2.80. The number of alkyl halides is 3. The second-order valence-corrected chi connectivity index (χ2v) is 7.05. The van der Waals surface area contributed by atoms with E-state index in [4.69, 9.17) is 5.11 Å². The first-order chi connectivity index (χ1) is 13.4. The van der Waals surface area contributed by atoms with Gasteiger partial charge in [0.1, 0.15) is 11.6 Å². The van der Waals surface area contributed by atoms with Gasteiger partial charge >= 0.3 is 6.36 Å². The van der Waals surface area contributed by atoms with Gasteiger partial charge < -0.3 is 20.1 Å². The molecule has 1 fully saturated rings. The zero-order chi connectivity index (χ0) is 19.7. The minimum atomic E-state index is -4.69. The van der Waals surface area contributed by atoms with Crippen molar-refractivity contribution in [2.45, 2.75) is 38.1 Å². The second kappa shape index (κ2) is 7.46. The van der Waals surface area contributed by atoms with Gasteiger partial charge in [0, 0.05) is 31.6 Å². The molecule has 2 heterocycles. The molecule has 6 nitrogen and oxygen atoms in total. The molecule has 2 aromatic rings. The Bertz CT molecular complexity index is 856. The highest BCUT2D eigenvalue weighted by Gasteiger charge is 2.32. The molecule has 1 aliphatic carbocycles. The number of hydrogen-bond donors (Lipinski definition) is 2. The first-order valence-corrected chi connectivity index (χ1v) is 9.27. The fourth-order valence-electron chi connectivity index (χ4n) is 3.37. The third-order valence-electron chi connectivity index (χ3n) is 4.87. The van der Waals surface area contributed by atoms with Crippen molar-refractivity contribution >= 4 is 11.8 Å². The number of benzene rings is 1. The van der Waals surface area contributed by atoms with E-state index in [9.17, 15) is 13.2 Å². The molecule has 1 aromatic heterocycles. The number of aliphatic hydroxyl groups excluding tert-OH is 1. The molecule has 0 radical (unpaired) electrons. The standard InChI is InChI=1S/C19H21F3N4O2/c20-19(21,22)28-15-4-3-14-11-26(7-5-13(14)9-15)17-10-16(12-1-2-12)24-18(25-17)23-6-8-27/h3-4,9-10,12,27H,1-2,5-8,11H2,(H,23,24,25). The van der Waals surface area contributed by atoms with Crippen LogP contribution in [0.15, 0.2) is 24.3 Å². The number of ether oxygens (including phenoxy) is 1. The number of rotatable bonds is 6. The molecule has 1 aliphatic heterocycles. The zero-order valence-corrected chi connectivity index (χ0v) is 15.2. The molecule has 0 bridgehead atoms. The number of nitrogens with one attached hydrogen (secondary N) is 1. The van der Waals surface area contributed by atoms with Gasteiger partial charge in [0.25, 0.3) is 0 Å². The number of nitrogens with zero attached hydrogens (tertiary/aromatic N) is 3. The minimum absolute atomic E-state index is 0.00817. The normalized spacial score (nSPS) is 16.6. The van der Waals surface area contributed by atoms with E-state index in [0.717, 1.165) is 35.5 Å². The topological polar surface area (TPSA) is 70.5 Å². The Morgan fingerprint density at radius 3 is 2.71 bits per heavy atom. The van der Waals surface area contributed by atoms with Crippen LogP contribution in [0.25, 0.3) is 0 Å². The summed E-state index contributed by atoms with van der Waals surface area (Å²) in [5.74, 6) is 1.55. The van der Waals surface area contributed by atoms with Crippen LogP contribution >= 0.6 is 0 Å². The first kappa shape index (κ1) is 18.8. The Kier molecular flexibility index (Phi) is 5.01. The molecule has 1 saturated carbocycles. The minimum Gasteiger partial charge on any atom is -0.406 e. The lowest BCUT2D eigenvalue weighted by molar-refractivity contribution is -0.274. The van der Waals surface area contributed by atoms with Crippen LogP contribution in [0.1, 0.15) is 35.6 Å². The smallest absolute Gasteiger partial charge is 0.406 e. The summed E-state index contributed by atoms with van der Waals surface area (Å²) < 4.78 is 41.3. The number of fused-ring (bicyclic) bond motifs is 1. The second-order valence-electron chi connectivity index (χ2n) is 7.05. The van der Waals surface area contributed by atoms with Gasteiger partial charge in [-0.15, -0.1) is 13.2 Å². The molecule has 0 amide bonds. The van der Waals surface area contributed by atoms with Crippen LogP contribution in [0.3, 0.4) is 0 Å². The summed E-state index contributed by atoms with van der Waals surface area (Å²) in [7, 11) is 0. The predicted octanol–water partition coefficient (Wildman–Crippen LogP) is 3.22. The lowest BCUT2D eigenvalue weighted by Gasteiger charge is -2.30. The SMILES string of the molecule is OCCNc1nc(C2CC2)cc(N2CCc3cc(OC(F)(F)F)ccc3C2)n1. The zero-order valence-electron chi connectivity index (χ0n) is 15.2. The fourth-order valence-corrected chi connectivity index (χ4v) is 3.37. The number of hydrogen-bond acceptors (Lipinski definition) is 6. The Balaban J connectivity index is 1.54. The highest BCUT2D eigenvalue weighted by molar-refractivity contribution is 5.50. The molecule has 2 N–H and O–H groups in total. The van der Waals surface area contributed by atoms with Crippen LogP contribution in [0, 0.1) is 0 Å². The number of anilines is 2. The molecule has 1 aromatic carbocycles. The van der Waals surface area contributed by atoms with E-state index in [0.29, 0.717) is 37.9 Å². The summed E-state index contributed by atoms with van der Waals surface area (Å²) in [6.07, 6.45) is -1.86. The van der Waals surface area contributed by atoms with Crippen LogP contribution in [0.2, 0.25) is 0 Å². The largest absolute Gasteiger partial charge is 0.573 e. The van der Waals surface area contributed by atoms with Crippen LogP contribution in [0.4, 0.5) is 24.9 Å². The van der Waals surface area contributed by atoms with E-state index in [-0.39, 0.29) is 12.4 Å². The Hall–Kier alpha value is -2.55. The van der Waals surface area contributed by atoms with Crippen molar-refractivity contribution in [3.8, 4) is 5.75 Å². The van der Waals surface area contributed by atoms with Crippen LogP contribution in [0.5, 0.6) is 5.75 Å². The molecule has 2 aliphatic rings. The monoisotopic (exact) mass is 394 g/mol. The molecular formula is C19H21F3N4O2. The van der Waals surface area contributed by atoms with E-state index in [1.807, 2.05) is 6.07 Å². The Labute approximate surface area is 160 Å². The summed E-state index contributed by atoms with van der Waals surface area (Å²) >= 11 is 0. The Morgan fingerprint density at radius 1 is 1.18 bits per heavy atom. The average molecular weight is 394 g/mol. The fraction of sp³-hybridized carbons (Fsp3) is 0.474. The Morgan fingerprint density at radius 2 is 2.00 bits per heavy atom. The van der Waals surface area contributed by atoms with Crippen molar-refractivity contribution in [3.63, 3.8) is 0 Å². The first-order valence-electron chi connectivity index (χ1n) is 9.27. The van der Waals surface area contributed by atoms with Crippen LogP contribution < -0.4 is 15.0 Å². The molecule has 4 rings (SSSR count). The molecule has 0 saturated heterocycles. The van der Waals surface area contributed by atoms with Gasteiger partial charge in [-0.05, 0) is 42.5 Å². The highest BCUT2D eigenvalue weighted by atomic mass is 19.4. The molecule has 150 valence electrons. The maximum absolute atomic E-state index is 12.4. The third kappa shape index (κ3) is 4.46. The van der Waals surface area contributed by atoms with E-state index in [2.05, 4.69) is 24.9 Å². The van der Waals surface area contributed by atoms with Crippen LogP contribution in [-0.4, -0.2) is 41.1 Å². The number of aromatic nitrogens is 2.